The second kappa shape index (κ2) is 6.56. The monoisotopic (exact) mass is 325 g/mol. The van der Waals surface area contributed by atoms with Crippen LogP contribution in [-0.2, 0) is 4.79 Å². The molecule has 2 rings (SSSR count). The van der Waals surface area contributed by atoms with Gasteiger partial charge in [0.25, 0.3) is 0 Å². The molecule has 0 radical (unpaired) electrons. The number of halogens is 1. The van der Waals surface area contributed by atoms with Gasteiger partial charge < -0.3 is 11.1 Å². The zero-order valence-electron chi connectivity index (χ0n) is 12.6. The molecule has 0 atom stereocenters. The van der Waals surface area contributed by atoms with E-state index in [9.17, 15) is 4.79 Å². The van der Waals surface area contributed by atoms with Gasteiger partial charge in [-0.3, -0.25) is 4.79 Å². The Bertz CT molecular complexity index is 647. The number of rotatable bonds is 3. The zero-order chi connectivity index (χ0) is 14.9. The average molecular weight is 326 g/mol. The number of aryl methyl sites for hydroxylation is 2. The van der Waals surface area contributed by atoms with Gasteiger partial charge in [0, 0.05) is 10.9 Å². The molecule has 1 aromatic carbocycles. The van der Waals surface area contributed by atoms with Gasteiger partial charge >= 0.3 is 0 Å². The molecule has 0 bridgehead atoms. The van der Waals surface area contributed by atoms with Gasteiger partial charge in [-0.05, 0) is 44.9 Å². The van der Waals surface area contributed by atoms with Crippen molar-refractivity contribution in [2.45, 2.75) is 33.2 Å². The first-order valence-corrected chi connectivity index (χ1v) is 7.29. The van der Waals surface area contributed by atoms with Crippen LogP contribution in [0.3, 0.4) is 0 Å². The normalized spacial score (nSPS) is 10.9. The second-order valence-electron chi connectivity index (χ2n) is 5.51. The molecule has 0 saturated carbocycles. The summed E-state index contributed by atoms with van der Waals surface area (Å²) in [6.07, 6.45) is 0. The molecule has 0 fully saturated rings. The summed E-state index contributed by atoms with van der Waals surface area (Å²) in [6.45, 7) is 7.49. The number of hydrogen-bond donors (Lipinski definition) is 2. The topological polar surface area (TPSA) is 68.0 Å². The Labute approximate surface area is 135 Å². The molecule has 21 heavy (non-hydrogen) atoms. The Morgan fingerprint density at radius 3 is 2.52 bits per heavy atom. The number of aromatic nitrogens is 1. The number of carbonyl (C=O) groups is 1. The van der Waals surface area contributed by atoms with Gasteiger partial charge in [0.05, 0.1) is 11.2 Å². The van der Waals surface area contributed by atoms with Gasteiger partial charge in [-0.25, -0.2) is 4.98 Å². The molecule has 1 aromatic heterocycles. The van der Waals surface area contributed by atoms with Crippen molar-refractivity contribution in [3.05, 3.63) is 34.7 Å². The molecule has 3 N–H and O–H groups in total. The van der Waals surface area contributed by atoms with Gasteiger partial charge in [-0.1, -0.05) is 12.1 Å². The van der Waals surface area contributed by atoms with Crippen molar-refractivity contribution in [1.82, 2.24) is 4.98 Å². The molecule has 1 amide bonds. The Balaban J connectivity index is 0.00000220. The number of carbonyl (C=O) groups excluding carboxylic acids is 1. The van der Waals surface area contributed by atoms with E-state index in [2.05, 4.69) is 36.3 Å². The Kier molecular flexibility index (Phi) is 5.50. The van der Waals surface area contributed by atoms with Crippen molar-refractivity contribution in [3.8, 4) is 11.3 Å². The fourth-order valence-corrected chi connectivity index (χ4v) is 2.34. The van der Waals surface area contributed by atoms with Crippen LogP contribution < -0.4 is 11.1 Å². The number of nitrogens with one attached hydrogen (secondary N) is 1. The van der Waals surface area contributed by atoms with E-state index in [4.69, 9.17) is 5.73 Å². The smallest absolute Gasteiger partial charge is 0.245 e. The molecule has 0 aliphatic heterocycles. The number of thiazole rings is 1. The summed E-state index contributed by atoms with van der Waals surface area (Å²) in [7, 11) is 0. The maximum absolute atomic E-state index is 11.8. The molecule has 0 spiro atoms. The molecule has 0 aliphatic carbocycles. The van der Waals surface area contributed by atoms with E-state index in [1.807, 2.05) is 11.4 Å². The van der Waals surface area contributed by atoms with Crippen LogP contribution in [-0.4, -0.2) is 16.4 Å². The lowest BCUT2D eigenvalue weighted by molar-refractivity contribution is -0.120. The van der Waals surface area contributed by atoms with E-state index in [-0.39, 0.29) is 18.3 Å². The summed E-state index contributed by atoms with van der Waals surface area (Å²) in [5, 5.41) is 5.25. The lowest BCUT2D eigenvalue weighted by atomic mass is 10.1. The highest BCUT2D eigenvalue weighted by Gasteiger charge is 2.22. The van der Waals surface area contributed by atoms with Crippen LogP contribution in [0.15, 0.2) is 23.6 Å². The minimum atomic E-state index is -0.910. The van der Waals surface area contributed by atoms with E-state index >= 15 is 0 Å². The third kappa shape index (κ3) is 4.27. The predicted molar refractivity (Wildman–Crippen MR) is 91.2 cm³/mol. The summed E-state index contributed by atoms with van der Waals surface area (Å²) in [6, 6.07) is 6.21. The van der Waals surface area contributed by atoms with Crippen molar-refractivity contribution < 1.29 is 4.79 Å². The molecular weight excluding hydrogens is 306 g/mol. The van der Waals surface area contributed by atoms with E-state index < -0.39 is 5.54 Å². The van der Waals surface area contributed by atoms with Crippen molar-refractivity contribution in [3.63, 3.8) is 0 Å². The highest BCUT2D eigenvalue weighted by molar-refractivity contribution is 7.14. The number of benzene rings is 1. The van der Waals surface area contributed by atoms with Gasteiger partial charge in [-0.15, -0.1) is 23.7 Å². The summed E-state index contributed by atoms with van der Waals surface area (Å²) in [5.41, 5.74) is 9.23. The first kappa shape index (κ1) is 17.6. The fraction of sp³-hybridized carbons (Fsp3) is 0.333. The van der Waals surface area contributed by atoms with Crippen molar-refractivity contribution in [2.75, 3.05) is 5.32 Å². The van der Waals surface area contributed by atoms with E-state index in [1.54, 1.807) is 13.8 Å². The maximum atomic E-state index is 11.8. The number of anilines is 1. The molecule has 6 heteroatoms. The number of amides is 1. The highest BCUT2D eigenvalue weighted by atomic mass is 35.5. The molecule has 2 aromatic rings. The molecule has 0 saturated heterocycles. The lowest BCUT2D eigenvalue weighted by Crippen LogP contribution is -2.45. The van der Waals surface area contributed by atoms with Crippen LogP contribution in [0.2, 0.25) is 0 Å². The van der Waals surface area contributed by atoms with Gasteiger partial charge in [0.1, 0.15) is 0 Å². The maximum Gasteiger partial charge on any atom is 0.245 e. The lowest BCUT2D eigenvalue weighted by Gasteiger charge is -2.16. The predicted octanol–water partition coefficient (Wildman–Crippen LogP) is 3.52. The van der Waals surface area contributed by atoms with E-state index in [0.717, 1.165) is 11.3 Å². The van der Waals surface area contributed by atoms with Crippen LogP contribution in [0.1, 0.15) is 25.0 Å². The van der Waals surface area contributed by atoms with Gasteiger partial charge in [0.2, 0.25) is 5.91 Å². The second-order valence-corrected chi connectivity index (χ2v) is 6.37. The Hall–Kier alpha value is -1.43. The number of nitrogens with zero attached hydrogens (tertiary/aromatic N) is 1. The first-order valence-electron chi connectivity index (χ1n) is 6.41. The van der Waals surface area contributed by atoms with Gasteiger partial charge in [-0.2, -0.15) is 0 Å². The summed E-state index contributed by atoms with van der Waals surface area (Å²) in [5.74, 6) is -0.238. The van der Waals surface area contributed by atoms with Crippen LogP contribution in [0, 0.1) is 13.8 Å². The summed E-state index contributed by atoms with van der Waals surface area (Å²) >= 11 is 1.40. The largest absolute Gasteiger partial charge is 0.318 e. The third-order valence-corrected chi connectivity index (χ3v) is 3.87. The zero-order valence-corrected chi connectivity index (χ0v) is 14.2. The molecule has 0 aliphatic rings. The molecular formula is C15H20ClN3OS. The van der Waals surface area contributed by atoms with Crippen LogP contribution in [0.5, 0.6) is 0 Å². The minimum absolute atomic E-state index is 0. The van der Waals surface area contributed by atoms with E-state index in [0.29, 0.717) is 5.13 Å². The first-order chi connectivity index (χ1) is 9.27. The van der Waals surface area contributed by atoms with Gasteiger partial charge in [0.15, 0.2) is 5.13 Å². The van der Waals surface area contributed by atoms with E-state index in [1.165, 1.54) is 22.5 Å². The molecule has 114 valence electrons. The fourth-order valence-electron chi connectivity index (χ4n) is 1.62. The molecule has 1 heterocycles. The standard InChI is InChI=1S/C15H19N3OS.ClH/c1-9-5-6-11(7-10(9)2)12-8-20-14(17-12)18-13(19)15(3,4)16;/h5-8H,16H2,1-4H3,(H,17,18,19);1H. The Morgan fingerprint density at radius 2 is 1.95 bits per heavy atom. The number of hydrogen-bond acceptors (Lipinski definition) is 4. The van der Waals surface area contributed by atoms with Crippen LogP contribution in [0.25, 0.3) is 11.3 Å². The van der Waals surface area contributed by atoms with Crippen molar-refractivity contribution in [2.24, 2.45) is 5.73 Å². The Morgan fingerprint density at radius 1 is 1.29 bits per heavy atom. The SMILES string of the molecule is Cc1ccc(-c2csc(NC(=O)C(C)(C)N)n2)cc1C.Cl. The highest BCUT2D eigenvalue weighted by Crippen LogP contribution is 2.26. The number of nitrogens with two attached hydrogens (primary N) is 1. The average Bonchev–Trinajstić information content (AvgIpc) is 2.80. The molecule has 4 nitrogen and oxygen atoms in total. The van der Waals surface area contributed by atoms with Crippen molar-refractivity contribution in [1.29, 1.82) is 0 Å². The molecule has 0 unspecified atom stereocenters. The van der Waals surface area contributed by atoms with Crippen molar-refractivity contribution >= 4 is 34.8 Å². The van der Waals surface area contributed by atoms with Crippen LogP contribution in [0.4, 0.5) is 5.13 Å². The third-order valence-electron chi connectivity index (χ3n) is 3.11. The van der Waals surface area contributed by atoms with Crippen LogP contribution >= 0.6 is 23.7 Å². The summed E-state index contributed by atoms with van der Waals surface area (Å²) < 4.78 is 0. The quantitative estimate of drug-likeness (QED) is 0.907. The minimum Gasteiger partial charge on any atom is -0.318 e. The summed E-state index contributed by atoms with van der Waals surface area (Å²) in [4.78, 5) is 16.2.